The predicted octanol–water partition coefficient (Wildman–Crippen LogP) is 3.47. The number of hydrogen-bond acceptors (Lipinski definition) is 5. The lowest BCUT2D eigenvalue weighted by atomic mass is 9.78. The number of amides is 1. The molecule has 0 saturated heterocycles. The van der Waals surface area contributed by atoms with E-state index in [9.17, 15) is 18.0 Å². The van der Waals surface area contributed by atoms with Crippen LogP contribution in [-0.4, -0.2) is 50.3 Å². The zero-order valence-electron chi connectivity index (χ0n) is 18.0. The van der Waals surface area contributed by atoms with Gasteiger partial charge in [0.1, 0.15) is 4.90 Å². The highest BCUT2D eigenvalue weighted by atomic mass is 35.5. The fourth-order valence-corrected chi connectivity index (χ4v) is 5.74. The van der Waals surface area contributed by atoms with Gasteiger partial charge in [-0.3, -0.25) is 4.79 Å². The Morgan fingerprint density at radius 2 is 1.87 bits per heavy atom. The van der Waals surface area contributed by atoms with Crippen molar-refractivity contribution in [2.45, 2.75) is 57.9 Å². The third-order valence-corrected chi connectivity index (χ3v) is 8.41. The molecule has 1 aliphatic carbocycles. The molecular weight excluding hydrogens is 428 g/mol. The molecule has 1 N–H and O–H groups in total. The van der Waals surface area contributed by atoms with Gasteiger partial charge in [0, 0.05) is 19.1 Å². The molecule has 0 aromatic heterocycles. The van der Waals surface area contributed by atoms with E-state index in [1.807, 2.05) is 0 Å². The van der Waals surface area contributed by atoms with Crippen LogP contribution in [0, 0.1) is 11.8 Å². The molecule has 1 saturated carbocycles. The number of hydrogen-bond donors (Lipinski definition) is 1. The Labute approximate surface area is 184 Å². The maximum absolute atomic E-state index is 12.8. The quantitative estimate of drug-likeness (QED) is 0.602. The Morgan fingerprint density at radius 3 is 2.50 bits per heavy atom. The summed E-state index contributed by atoms with van der Waals surface area (Å²) in [5, 5.41) is 2.97. The van der Waals surface area contributed by atoms with E-state index < -0.39 is 22.6 Å². The lowest BCUT2D eigenvalue weighted by Crippen LogP contribution is -2.45. The number of rotatable bonds is 8. The van der Waals surface area contributed by atoms with Crippen LogP contribution in [0.2, 0.25) is 5.02 Å². The number of nitrogens with one attached hydrogen (secondary N) is 1. The fourth-order valence-electron chi connectivity index (χ4n) is 3.78. The molecule has 1 fully saturated rings. The molecule has 0 radical (unpaired) electrons. The smallest absolute Gasteiger partial charge is 0.338 e. The van der Waals surface area contributed by atoms with Crippen molar-refractivity contribution in [3.05, 3.63) is 28.8 Å². The van der Waals surface area contributed by atoms with Crippen LogP contribution >= 0.6 is 11.6 Å². The maximum atomic E-state index is 12.8. The Balaban J connectivity index is 2.04. The van der Waals surface area contributed by atoms with Crippen molar-refractivity contribution in [1.82, 2.24) is 9.62 Å². The van der Waals surface area contributed by atoms with Gasteiger partial charge in [0.05, 0.1) is 10.6 Å². The van der Waals surface area contributed by atoms with Gasteiger partial charge in [-0.25, -0.2) is 13.2 Å². The van der Waals surface area contributed by atoms with Crippen molar-refractivity contribution in [3.63, 3.8) is 0 Å². The average molecular weight is 459 g/mol. The topological polar surface area (TPSA) is 92.8 Å². The van der Waals surface area contributed by atoms with E-state index in [4.69, 9.17) is 16.3 Å². The number of sulfonamides is 1. The number of nitrogens with zero attached hydrogens (tertiary/aromatic N) is 1. The van der Waals surface area contributed by atoms with Crippen molar-refractivity contribution in [3.8, 4) is 0 Å². The van der Waals surface area contributed by atoms with Crippen LogP contribution in [0.4, 0.5) is 0 Å². The monoisotopic (exact) mass is 458 g/mol. The average Bonchev–Trinajstić information content (AvgIpc) is 2.70. The summed E-state index contributed by atoms with van der Waals surface area (Å²) in [7, 11) is -3.84. The maximum Gasteiger partial charge on any atom is 0.338 e. The van der Waals surface area contributed by atoms with Crippen molar-refractivity contribution >= 4 is 33.5 Å². The lowest BCUT2D eigenvalue weighted by molar-refractivity contribution is -0.125. The van der Waals surface area contributed by atoms with Crippen LogP contribution in [0.15, 0.2) is 23.1 Å². The molecule has 0 heterocycles. The summed E-state index contributed by atoms with van der Waals surface area (Å²) in [6.45, 7) is 7.88. The fraction of sp³-hybridized carbons (Fsp3) is 0.619. The number of carbonyl (C=O) groups is 2. The van der Waals surface area contributed by atoms with Gasteiger partial charge in [0.15, 0.2) is 6.61 Å². The minimum Gasteiger partial charge on any atom is -0.452 e. The highest BCUT2D eigenvalue weighted by molar-refractivity contribution is 7.89. The third kappa shape index (κ3) is 5.74. The highest BCUT2D eigenvalue weighted by Crippen LogP contribution is 2.29. The van der Waals surface area contributed by atoms with Crippen LogP contribution in [0.5, 0.6) is 0 Å². The second-order valence-electron chi connectivity index (χ2n) is 7.75. The first kappa shape index (κ1) is 24.6. The van der Waals surface area contributed by atoms with Crippen LogP contribution in [0.3, 0.4) is 0 Å². The van der Waals surface area contributed by atoms with E-state index in [2.05, 4.69) is 19.2 Å². The second kappa shape index (κ2) is 10.6. The molecule has 168 valence electrons. The first-order valence-corrected chi connectivity index (χ1v) is 12.2. The number of carbonyl (C=O) groups excluding carboxylic acids is 2. The molecule has 1 aromatic rings. The summed E-state index contributed by atoms with van der Waals surface area (Å²) in [4.78, 5) is 24.5. The van der Waals surface area contributed by atoms with E-state index in [1.165, 1.54) is 22.5 Å². The van der Waals surface area contributed by atoms with Gasteiger partial charge in [-0.2, -0.15) is 4.31 Å². The van der Waals surface area contributed by atoms with Gasteiger partial charge in [0.25, 0.3) is 5.91 Å². The summed E-state index contributed by atoms with van der Waals surface area (Å²) < 4.78 is 31.9. The normalized spacial score (nSPS) is 22.0. The van der Waals surface area contributed by atoms with Crippen molar-refractivity contribution in [2.75, 3.05) is 19.7 Å². The molecule has 1 aromatic carbocycles. The Bertz CT molecular complexity index is 870. The molecule has 1 amide bonds. The van der Waals surface area contributed by atoms with E-state index >= 15 is 0 Å². The first-order chi connectivity index (χ1) is 14.1. The lowest BCUT2D eigenvalue weighted by Gasteiger charge is -2.34. The summed E-state index contributed by atoms with van der Waals surface area (Å²) >= 11 is 6.08. The zero-order chi connectivity index (χ0) is 22.5. The Morgan fingerprint density at radius 1 is 1.20 bits per heavy atom. The van der Waals surface area contributed by atoms with Gasteiger partial charge in [-0.1, -0.05) is 52.1 Å². The van der Waals surface area contributed by atoms with Crippen LogP contribution in [0.25, 0.3) is 0 Å². The molecule has 30 heavy (non-hydrogen) atoms. The molecule has 0 unspecified atom stereocenters. The first-order valence-electron chi connectivity index (χ1n) is 10.4. The van der Waals surface area contributed by atoms with Crippen molar-refractivity contribution < 1.29 is 22.7 Å². The molecular formula is C21H31ClN2O5S. The molecule has 1 aliphatic rings. The molecule has 3 atom stereocenters. The van der Waals surface area contributed by atoms with E-state index in [0.29, 0.717) is 11.8 Å². The highest BCUT2D eigenvalue weighted by Gasteiger charge is 2.29. The SMILES string of the molecule is CCN(CC)S(=O)(=O)c1cc(C(=O)OCC(=O)N[C@@H]2CCC[C@H](C)[C@@H]2C)ccc1Cl. The van der Waals surface area contributed by atoms with Gasteiger partial charge in [-0.05, 0) is 36.5 Å². The third-order valence-electron chi connectivity index (χ3n) is 5.88. The number of ether oxygens (including phenoxy) is 1. The molecule has 0 spiro atoms. The molecule has 9 heteroatoms. The Kier molecular flexibility index (Phi) is 8.70. The summed E-state index contributed by atoms with van der Waals surface area (Å²) in [6, 6.07) is 4.00. The largest absolute Gasteiger partial charge is 0.452 e. The number of esters is 1. The van der Waals surface area contributed by atoms with Gasteiger partial charge in [0.2, 0.25) is 10.0 Å². The van der Waals surface area contributed by atoms with E-state index in [0.717, 1.165) is 19.3 Å². The molecule has 2 rings (SSSR count). The minimum atomic E-state index is -3.84. The zero-order valence-corrected chi connectivity index (χ0v) is 19.6. The van der Waals surface area contributed by atoms with Crippen LogP contribution in [0.1, 0.15) is 57.3 Å². The number of halogens is 1. The summed E-state index contributed by atoms with van der Waals surface area (Å²) in [5.41, 5.74) is 0.0255. The van der Waals surface area contributed by atoms with Crippen LogP contribution in [-0.2, 0) is 19.6 Å². The van der Waals surface area contributed by atoms with E-state index in [1.54, 1.807) is 13.8 Å². The summed E-state index contributed by atoms with van der Waals surface area (Å²) in [5.74, 6) is -0.239. The Hall–Kier alpha value is -1.64. The minimum absolute atomic E-state index is 0.0246. The van der Waals surface area contributed by atoms with E-state index in [-0.39, 0.29) is 40.5 Å². The van der Waals surface area contributed by atoms with Crippen molar-refractivity contribution in [2.24, 2.45) is 11.8 Å². The van der Waals surface area contributed by atoms with Gasteiger partial charge >= 0.3 is 5.97 Å². The number of benzene rings is 1. The van der Waals surface area contributed by atoms with Crippen molar-refractivity contribution in [1.29, 1.82) is 0 Å². The standard InChI is InChI=1S/C21H31ClN2O5S/c1-5-24(6-2)30(27,28)19-12-16(10-11-17(19)22)21(26)29-13-20(25)23-18-9-7-8-14(3)15(18)4/h10-12,14-15,18H,5-9,13H2,1-4H3,(H,23,25)/t14-,15-,18+/m0/s1. The predicted molar refractivity (Wildman–Crippen MR) is 116 cm³/mol. The molecule has 0 aliphatic heterocycles. The van der Waals surface area contributed by atoms with Gasteiger partial charge < -0.3 is 10.1 Å². The second-order valence-corrected chi connectivity index (χ2v) is 10.1. The summed E-state index contributed by atoms with van der Waals surface area (Å²) in [6.07, 6.45) is 3.12. The molecule has 0 bridgehead atoms. The molecule has 7 nitrogen and oxygen atoms in total. The van der Waals surface area contributed by atoms with Gasteiger partial charge in [-0.15, -0.1) is 0 Å². The van der Waals surface area contributed by atoms with Crippen LogP contribution < -0.4 is 5.32 Å².